The van der Waals surface area contributed by atoms with E-state index >= 15 is 0 Å². The summed E-state index contributed by atoms with van der Waals surface area (Å²) in [4.78, 5) is 4.91. The highest BCUT2D eigenvalue weighted by Crippen LogP contribution is 2.43. The van der Waals surface area contributed by atoms with Crippen molar-refractivity contribution in [3.05, 3.63) is 136 Å². The highest BCUT2D eigenvalue weighted by Gasteiger charge is 2.26. The quantitative estimate of drug-likeness (QED) is 0.198. The fraction of sp³-hybridized carbons (Fsp3) is 0.317. The van der Waals surface area contributed by atoms with Crippen LogP contribution in [0.3, 0.4) is 0 Å². The van der Waals surface area contributed by atoms with Gasteiger partial charge < -0.3 is 9.80 Å². The highest BCUT2D eigenvalue weighted by molar-refractivity contribution is 5.82. The zero-order valence-corrected chi connectivity index (χ0v) is 27.5. The van der Waals surface area contributed by atoms with Crippen molar-refractivity contribution in [1.82, 2.24) is 0 Å². The topological polar surface area (TPSA) is 6.48 Å². The second kappa shape index (κ2) is 13.1. The number of benzene rings is 4. The van der Waals surface area contributed by atoms with Gasteiger partial charge in [0.2, 0.25) is 0 Å². The minimum atomic E-state index is 0.444. The van der Waals surface area contributed by atoms with Gasteiger partial charge in [-0.25, -0.2) is 0 Å². The Labute approximate surface area is 260 Å². The zero-order valence-electron chi connectivity index (χ0n) is 27.5. The maximum atomic E-state index is 2.49. The first-order valence-corrected chi connectivity index (χ1v) is 16.0. The van der Waals surface area contributed by atoms with Crippen LogP contribution in [0.25, 0.3) is 0 Å². The molecule has 4 aromatic rings. The molecule has 0 aliphatic heterocycles. The lowest BCUT2D eigenvalue weighted by Gasteiger charge is -2.36. The van der Waals surface area contributed by atoms with Crippen molar-refractivity contribution in [1.29, 1.82) is 0 Å². The summed E-state index contributed by atoms with van der Waals surface area (Å²) < 4.78 is 0. The molecule has 43 heavy (non-hydrogen) atoms. The smallest absolute Gasteiger partial charge is 0.0520 e. The Hall–Kier alpha value is -4.04. The van der Waals surface area contributed by atoms with E-state index in [-0.39, 0.29) is 0 Å². The molecule has 0 aromatic heterocycles. The summed E-state index contributed by atoms with van der Waals surface area (Å²) >= 11 is 0. The Morgan fingerprint density at radius 1 is 0.605 bits per heavy atom. The third-order valence-corrected chi connectivity index (χ3v) is 8.76. The number of hydrogen-bond donors (Lipinski definition) is 0. The first-order chi connectivity index (χ1) is 20.7. The maximum absolute atomic E-state index is 2.49. The SMILES string of the molecule is CCCCC1=CC(C)=C(N(c2ccc(C)cc2)c2ccc(N(c3ccc(C)cc3)c3c(C)cc(C)cc3C)cc2)C(C)C1. The third kappa shape index (κ3) is 6.64. The lowest BCUT2D eigenvalue weighted by molar-refractivity contribution is 0.610. The van der Waals surface area contributed by atoms with Gasteiger partial charge in [-0.1, -0.05) is 85.0 Å². The molecule has 0 fully saturated rings. The second-order valence-corrected chi connectivity index (χ2v) is 12.7. The van der Waals surface area contributed by atoms with Crippen molar-refractivity contribution in [2.75, 3.05) is 9.80 Å². The van der Waals surface area contributed by atoms with E-state index in [1.54, 1.807) is 5.57 Å². The van der Waals surface area contributed by atoms with Crippen LogP contribution in [-0.4, -0.2) is 0 Å². The molecule has 2 nitrogen and oxygen atoms in total. The molecule has 222 valence electrons. The van der Waals surface area contributed by atoms with Gasteiger partial charge in [0.1, 0.15) is 0 Å². The summed E-state index contributed by atoms with van der Waals surface area (Å²) in [6, 6.07) is 31.6. The monoisotopic (exact) mass is 568 g/mol. The number of nitrogens with zero attached hydrogens (tertiary/aromatic N) is 2. The largest absolute Gasteiger partial charge is 0.314 e. The maximum Gasteiger partial charge on any atom is 0.0520 e. The van der Waals surface area contributed by atoms with Gasteiger partial charge in [-0.2, -0.15) is 0 Å². The van der Waals surface area contributed by atoms with E-state index in [0.29, 0.717) is 5.92 Å². The molecule has 0 bridgehead atoms. The molecule has 0 amide bonds. The molecule has 1 aliphatic rings. The van der Waals surface area contributed by atoms with Crippen LogP contribution in [0.4, 0.5) is 28.4 Å². The van der Waals surface area contributed by atoms with E-state index in [2.05, 4.69) is 156 Å². The minimum absolute atomic E-state index is 0.444. The average Bonchev–Trinajstić information content (AvgIpc) is 2.97. The van der Waals surface area contributed by atoms with Crippen LogP contribution < -0.4 is 9.80 Å². The Bertz CT molecular complexity index is 1600. The van der Waals surface area contributed by atoms with E-state index in [1.807, 2.05) is 0 Å². The van der Waals surface area contributed by atoms with E-state index in [0.717, 1.165) is 12.1 Å². The van der Waals surface area contributed by atoms with Crippen molar-refractivity contribution < 1.29 is 0 Å². The van der Waals surface area contributed by atoms with Crippen molar-refractivity contribution in [3.63, 3.8) is 0 Å². The van der Waals surface area contributed by atoms with Crippen LogP contribution in [0, 0.1) is 40.5 Å². The van der Waals surface area contributed by atoms with Gasteiger partial charge in [0.15, 0.2) is 0 Å². The molecule has 0 spiro atoms. The molecule has 1 aliphatic carbocycles. The van der Waals surface area contributed by atoms with Crippen LogP contribution in [0.1, 0.15) is 74.3 Å². The molecule has 0 heterocycles. The Balaban J connectivity index is 1.62. The summed E-state index contributed by atoms with van der Waals surface area (Å²) in [7, 11) is 0. The second-order valence-electron chi connectivity index (χ2n) is 12.7. The van der Waals surface area contributed by atoms with Gasteiger partial charge in [0.05, 0.1) is 5.69 Å². The molecule has 4 aromatic carbocycles. The van der Waals surface area contributed by atoms with E-state index in [9.17, 15) is 0 Å². The fourth-order valence-corrected chi connectivity index (χ4v) is 6.79. The lowest BCUT2D eigenvalue weighted by atomic mass is 9.85. The summed E-state index contributed by atoms with van der Waals surface area (Å²) in [5, 5.41) is 0. The molecule has 0 saturated carbocycles. The normalized spacial score (nSPS) is 15.0. The number of unbranched alkanes of at least 4 members (excludes halogenated alkanes) is 1. The summed E-state index contributed by atoms with van der Waals surface area (Å²) in [6.07, 6.45) is 7.30. The first-order valence-electron chi connectivity index (χ1n) is 16.0. The fourth-order valence-electron chi connectivity index (χ4n) is 6.79. The standard InChI is InChI=1S/C41H48N2/c1-9-10-11-35-26-33(7)41(34(8)27-35)43(37-18-14-29(3)15-19-37)39-22-20-38(21-23-39)42(36-16-12-28(2)13-17-36)40-31(5)24-30(4)25-32(40)6/h12-26,34H,9-11,27H2,1-8H3. The average molecular weight is 569 g/mol. The first kappa shape index (κ1) is 30.4. The van der Waals surface area contributed by atoms with Crippen LogP contribution in [0.5, 0.6) is 0 Å². The third-order valence-electron chi connectivity index (χ3n) is 8.76. The molecular formula is C41H48N2. The molecule has 0 saturated heterocycles. The van der Waals surface area contributed by atoms with E-state index in [4.69, 9.17) is 0 Å². The van der Waals surface area contributed by atoms with Crippen molar-refractivity contribution >= 4 is 28.4 Å². The molecular weight excluding hydrogens is 520 g/mol. The molecule has 1 atom stereocenters. The highest BCUT2D eigenvalue weighted by atomic mass is 15.2. The van der Waals surface area contributed by atoms with Gasteiger partial charge >= 0.3 is 0 Å². The Morgan fingerprint density at radius 3 is 1.49 bits per heavy atom. The Morgan fingerprint density at radius 2 is 1.05 bits per heavy atom. The Kier molecular flexibility index (Phi) is 9.25. The minimum Gasteiger partial charge on any atom is -0.314 e. The number of anilines is 5. The molecule has 5 rings (SSSR count). The molecule has 0 radical (unpaired) electrons. The van der Waals surface area contributed by atoms with Gasteiger partial charge in [-0.15, -0.1) is 0 Å². The summed E-state index contributed by atoms with van der Waals surface area (Å²) in [5.74, 6) is 0.444. The summed E-state index contributed by atoms with van der Waals surface area (Å²) in [5.41, 5.74) is 16.8. The van der Waals surface area contributed by atoms with Crippen molar-refractivity contribution in [2.45, 2.75) is 81.1 Å². The number of rotatable bonds is 9. The zero-order chi connectivity index (χ0) is 30.7. The number of hydrogen-bond acceptors (Lipinski definition) is 2. The van der Waals surface area contributed by atoms with Crippen LogP contribution in [0.2, 0.25) is 0 Å². The van der Waals surface area contributed by atoms with Gasteiger partial charge in [0.25, 0.3) is 0 Å². The van der Waals surface area contributed by atoms with Crippen molar-refractivity contribution in [3.8, 4) is 0 Å². The van der Waals surface area contributed by atoms with Crippen LogP contribution in [0.15, 0.2) is 108 Å². The van der Waals surface area contributed by atoms with Gasteiger partial charge in [-0.3, -0.25) is 0 Å². The van der Waals surface area contributed by atoms with Crippen LogP contribution >= 0.6 is 0 Å². The lowest BCUT2D eigenvalue weighted by Crippen LogP contribution is -2.25. The molecule has 0 N–H and O–H groups in total. The predicted molar refractivity (Wildman–Crippen MR) is 187 cm³/mol. The van der Waals surface area contributed by atoms with Gasteiger partial charge in [0, 0.05) is 34.4 Å². The molecule has 1 unspecified atom stereocenters. The van der Waals surface area contributed by atoms with Crippen molar-refractivity contribution in [2.24, 2.45) is 5.92 Å². The van der Waals surface area contributed by atoms with E-state index < -0.39 is 0 Å². The van der Waals surface area contributed by atoms with Gasteiger partial charge in [-0.05, 0) is 126 Å². The predicted octanol–water partition coefficient (Wildman–Crippen LogP) is 12.3. The van der Waals surface area contributed by atoms with Crippen LogP contribution in [-0.2, 0) is 0 Å². The van der Waals surface area contributed by atoms with E-state index in [1.165, 1.54) is 81.1 Å². The summed E-state index contributed by atoms with van der Waals surface area (Å²) in [6.45, 7) is 17.9. The number of allylic oxidation sites excluding steroid dienone is 4. The molecule has 2 heteroatoms. The number of aryl methyl sites for hydroxylation is 5.